The lowest BCUT2D eigenvalue weighted by atomic mass is 10.5. The summed E-state index contributed by atoms with van der Waals surface area (Å²) < 4.78 is 17.3. The van der Waals surface area contributed by atoms with Crippen molar-refractivity contribution in [2.24, 2.45) is 0 Å². The third-order valence-corrected chi connectivity index (χ3v) is 1.78. The Morgan fingerprint density at radius 1 is 0.500 bits per heavy atom. The normalized spacial score (nSPS) is 8.73. The van der Waals surface area contributed by atoms with Crippen LogP contribution in [0.5, 0.6) is 0 Å². The minimum absolute atomic E-state index is 0.698. The van der Waals surface area contributed by atoms with E-state index in [4.69, 9.17) is 0 Å². The fourth-order valence-corrected chi connectivity index (χ4v) is 0.920. The Morgan fingerprint density at radius 3 is 1.27 bits per heavy atom. The summed E-state index contributed by atoms with van der Waals surface area (Å²) >= 11 is 0. The highest BCUT2D eigenvalue weighted by Gasteiger charge is 1.81. The molecule has 0 saturated heterocycles. The Bertz CT molecular complexity index is 809. The van der Waals surface area contributed by atoms with Gasteiger partial charge in [-0.3, -0.25) is 0 Å². The van der Waals surface area contributed by atoms with Crippen molar-refractivity contribution in [2.45, 2.75) is 0 Å². The van der Waals surface area contributed by atoms with Crippen molar-refractivity contribution in [3.05, 3.63) is 103 Å². The van der Waals surface area contributed by atoms with E-state index >= 15 is 0 Å². The fourth-order valence-electron chi connectivity index (χ4n) is 0.920. The minimum atomic E-state index is -1.12. The van der Waals surface area contributed by atoms with E-state index in [1.54, 1.807) is 0 Å². The molecule has 0 aliphatic carbocycles. The molecule has 22 heavy (non-hydrogen) atoms. The van der Waals surface area contributed by atoms with Gasteiger partial charge in [0.2, 0.25) is 0 Å². The second-order valence-electron chi connectivity index (χ2n) is 3.39. The molecule has 0 spiro atoms. The third kappa shape index (κ3) is 7.89. The molecule has 8 nitrogen and oxygen atoms in total. The van der Waals surface area contributed by atoms with E-state index in [9.17, 15) is 19.2 Å². The van der Waals surface area contributed by atoms with Gasteiger partial charge in [-0.15, -0.1) is 0 Å². The molecule has 8 heteroatoms. The monoisotopic (exact) mass is 306 g/mol. The first-order valence-corrected chi connectivity index (χ1v) is 5.76. The molecule has 0 radical (unpaired) electrons. The van der Waals surface area contributed by atoms with Gasteiger partial charge in [-0.25, -0.2) is 28.3 Å². The van der Waals surface area contributed by atoms with Crippen LogP contribution >= 0.6 is 0 Å². The molecule has 0 aliphatic heterocycles. The Hall–Kier alpha value is -3.42. The van der Waals surface area contributed by atoms with E-state index in [1.807, 2.05) is 0 Å². The smallest absolute Gasteiger partial charge is 0.379 e. The molecule has 0 amide bonds. The van der Waals surface area contributed by atoms with Crippen LogP contribution < -0.4 is 22.5 Å². The van der Waals surface area contributed by atoms with Gasteiger partial charge in [0.15, 0.2) is 0 Å². The molecule has 1 aromatic heterocycles. The fraction of sp³-hybridized carbons (Fsp3) is 0. The summed E-state index contributed by atoms with van der Waals surface area (Å²) in [6, 6.07) is 8.72. The Kier molecular flexibility index (Phi) is 7.17. The van der Waals surface area contributed by atoms with Crippen LogP contribution in [0.15, 0.2) is 98.2 Å². The highest BCUT2D eigenvalue weighted by atomic mass is 17.0. The Morgan fingerprint density at radius 2 is 0.864 bits per heavy atom. The second kappa shape index (κ2) is 9.48. The summed E-state index contributed by atoms with van der Waals surface area (Å²) in [5, 5.41) is 0. The topological polar surface area (TPSA) is 121 Å². The van der Waals surface area contributed by atoms with Gasteiger partial charge in [0.25, 0.3) is 0 Å². The number of hydrogen-bond donors (Lipinski definition) is 0. The van der Waals surface area contributed by atoms with Gasteiger partial charge in [0.1, 0.15) is 0 Å². The second-order valence-corrected chi connectivity index (χ2v) is 3.39. The van der Waals surface area contributed by atoms with E-state index < -0.39 is 22.5 Å². The van der Waals surface area contributed by atoms with Crippen LogP contribution in [0.25, 0.3) is 0 Å². The van der Waals surface area contributed by atoms with Crippen molar-refractivity contribution in [1.82, 2.24) is 0 Å². The molecule has 1 rings (SSSR count). The average Bonchev–Trinajstić information content (AvgIpc) is 2.50. The summed E-state index contributed by atoms with van der Waals surface area (Å²) in [4.78, 5) is 44.4. The van der Waals surface area contributed by atoms with E-state index in [0.717, 1.165) is 24.7 Å². The number of hydrogen-bond acceptors (Lipinski definition) is 8. The highest BCUT2D eigenvalue weighted by molar-refractivity contribution is 4.86. The summed E-state index contributed by atoms with van der Waals surface area (Å²) in [5.41, 5.74) is -3.90. The van der Waals surface area contributed by atoms with Gasteiger partial charge >= 0.3 is 22.5 Å². The highest BCUT2D eigenvalue weighted by Crippen LogP contribution is 1.74. The summed E-state index contributed by atoms with van der Waals surface area (Å²) in [7, 11) is 0. The summed E-state index contributed by atoms with van der Waals surface area (Å²) in [5.74, 6) is 0. The van der Waals surface area contributed by atoms with Crippen LogP contribution in [-0.4, -0.2) is 0 Å². The maximum Gasteiger partial charge on any atom is 0.379 e. The van der Waals surface area contributed by atoms with Gasteiger partial charge in [-0.1, -0.05) is 12.1 Å². The molecule has 0 bridgehead atoms. The average molecular weight is 306 g/mol. The van der Waals surface area contributed by atoms with Crippen molar-refractivity contribution in [1.29, 1.82) is 0 Å². The zero-order chi connectivity index (χ0) is 16.2. The quantitative estimate of drug-likeness (QED) is 0.647. The zero-order valence-electron chi connectivity index (χ0n) is 11.0. The molecule has 1 aromatic rings. The molecule has 0 unspecified atom stereocenters. The van der Waals surface area contributed by atoms with Crippen LogP contribution in [0, 0.1) is 0 Å². The Labute approximate surface area is 121 Å². The first-order chi connectivity index (χ1) is 10.6. The van der Waals surface area contributed by atoms with Crippen LogP contribution in [0.3, 0.4) is 0 Å². The van der Waals surface area contributed by atoms with Crippen LogP contribution in [-0.2, 0) is 0 Å². The molecule has 114 valence electrons. The van der Waals surface area contributed by atoms with Crippen LogP contribution in [0.2, 0.25) is 0 Å². The molecule has 0 atom stereocenters. The van der Waals surface area contributed by atoms with E-state index in [0.29, 0.717) is 12.1 Å². The predicted octanol–water partition coefficient (Wildman–Crippen LogP) is 0.873. The summed E-state index contributed by atoms with van der Waals surface area (Å²) in [6.45, 7) is 0. The SMILES string of the molecule is O=c1ccc(=O)ooc(=O)ccc(=O)occcccco1. The minimum Gasteiger partial charge on any atom is -0.431 e. The zero-order valence-corrected chi connectivity index (χ0v) is 11.0. The van der Waals surface area contributed by atoms with Crippen molar-refractivity contribution in [2.75, 3.05) is 0 Å². The van der Waals surface area contributed by atoms with Gasteiger partial charge in [-0.2, -0.15) is 0 Å². The van der Waals surface area contributed by atoms with Crippen molar-refractivity contribution in [3.8, 4) is 0 Å². The first kappa shape index (κ1) is 16.6. The number of rotatable bonds is 0. The lowest BCUT2D eigenvalue weighted by molar-refractivity contribution is 0.0207. The Balaban J connectivity index is 3.54. The molecule has 0 aliphatic rings. The molecule has 0 saturated carbocycles. The maximum atomic E-state index is 11.1. The van der Waals surface area contributed by atoms with Gasteiger partial charge in [0.05, 0.1) is 12.5 Å². The third-order valence-electron chi connectivity index (χ3n) is 1.78. The molecule has 0 fully saturated rings. The van der Waals surface area contributed by atoms with Crippen molar-refractivity contribution in [3.63, 3.8) is 0 Å². The van der Waals surface area contributed by atoms with E-state index in [1.165, 1.54) is 24.3 Å². The maximum absolute atomic E-state index is 11.1. The molecule has 0 aromatic carbocycles. The van der Waals surface area contributed by atoms with Gasteiger partial charge in [0, 0.05) is 24.3 Å². The molecular formula is C14H10O8. The molecule has 0 N–H and O–H groups in total. The van der Waals surface area contributed by atoms with Crippen molar-refractivity contribution < 1.29 is 18.0 Å². The van der Waals surface area contributed by atoms with Gasteiger partial charge in [-0.05, 0) is 12.1 Å². The standard InChI is InChI=1S/C14H10O8/c15-11-5-7-13(17)21-22-14(18)8-6-12(16)20-10-4-2-1-3-9-19-11/h1-10H. The largest absolute Gasteiger partial charge is 0.431 e. The summed E-state index contributed by atoms with van der Waals surface area (Å²) in [6.07, 6.45) is 2.14. The predicted molar refractivity (Wildman–Crippen MR) is 73.5 cm³/mol. The van der Waals surface area contributed by atoms with Crippen LogP contribution in [0.1, 0.15) is 0 Å². The van der Waals surface area contributed by atoms with E-state index in [-0.39, 0.29) is 0 Å². The first-order valence-electron chi connectivity index (χ1n) is 5.76. The van der Waals surface area contributed by atoms with Gasteiger partial charge < -0.3 is 8.83 Å². The molecule has 1 heterocycles. The molecular weight excluding hydrogens is 296 g/mol. The lowest BCUT2D eigenvalue weighted by Gasteiger charge is -1.71. The van der Waals surface area contributed by atoms with Crippen molar-refractivity contribution >= 4 is 0 Å². The lowest BCUT2D eigenvalue weighted by Crippen LogP contribution is -2.00. The van der Waals surface area contributed by atoms with E-state index in [2.05, 4.69) is 18.0 Å². The van der Waals surface area contributed by atoms with Crippen LogP contribution in [0.4, 0.5) is 0 Å².